The highest BCUT2D eigenvalue weighted by molar-refractivity contribution is 5.40. The maximum absolute atomic E-state index is 4.33. The lowest BCUT2D eigenvalue weighted by Crippen LogP contribution is -2.64. The standard InChI is InChI=1S/C17H25N/c1-5-13-11-18-9-8-15(13)17-10-14(16(17,3)4)7-6-12(17)2/h8-9,11-12,14H,5-7,10H2,1-4H3. The SMILES string of the molecule is CCc1cnccc1C12CC(CCC1C)C2(C)C. The summed E-state index contributed by atoms with van der Waals surface area (Å²) in [6, 6.07) is 2.30. The van der Waals surface area contributed by atoms with E-state index < -0.39 is 0 Å². The van der Waals surface area contributed by atoms with E-state index in [9.17, 15) is 0 Å². The fraction of sp³-hybridized carbons (Fsp3) is 0.706. The van der Waals surface area contributed by atoms with E-state index in [1.165, 1.54) is 24.8 Å². The Morgan fingerprint density at radius 3 is 2.72 bits per heavy atom. The molecule has 3 unspecified atom stereocenters. The number of rotatable bonds is 2. The average molecular weight is 243 g/mol. The monoisotopic (exact) mass is 243 g/mol. The second-order valence-corrected chi connectivity index (χ2v) is 6.96. The van der Waals surface area contributed by atoms with Gasteiger partial charge in [-0.15, -0.1) is 0 Å². The molecular formula is C17H25N. The van der Waals surface area contributed by atoms with Crippen LogP contribution in [0.3, 0.4) is 0 Å². The van der Waals surface area contributed by atoms with Crippen LogP contribution in [-0.4, -0.2) is 4.98 Å². The van der Waals surface area contributed by atoms with Crippen LogP contribution in [0, 0.1) is 17.3 Å². The summed E-state index contributed by atoms with van der Waals surface area (Å²) in [5, 5.41) is 0. The minimum Gasteiger partial charge on any atom is -0.264 e. The summed E-state index contributed by atoms with van der Waals surface area (Å²) >= 11 is 0. The molecule has 3 fully saturated rings. The van der Waals surface area contributed by atoms with Gasteiger partial charge in [0.1, 0.15) is 0 Å². The molecule has 4 rings (SSSR count). The largest absolute Gasteiger partial charge is 0.264 e. The summed E-state index contributed by atoms with van der Waals surface area (Å²) in [5.41, 5.74) is 3.96. The van der Waals surface area contributed by atoms with E-state index in [0.717, 1.165) is 18.3 Å². The van der Waals surface area contributed by atoms with Gasteiger partial charge in [0, 0.05) is 17.8 Å². The van der Waals surface area contributed by atoms with Gasteiger partial charge in [-0.3, -0.25) is 4.98 Å². The van der Waals surface area contributed by atoms with E-state index in [4.69, 9.17) is 0 Å². The highest BCUT2D eigenvalue weighted by Crippen LogP contribution is 2.70. The summed E-state index contributed by atoms with van der Waals surface area (Å²) < 4.78 is 0. The molecule has 1 heterocycles. The molecule has 0 saturated heterocycles. The maximum Gasteiger partial charge on any atom is 0.0302 e. The predicted molar refractivity (Wildman–Crippen MR) is 75.6 cm³/mol. The first-order valence-electron chi connectivity index (χ1n) is 7.47. The number of hydrogen-bond acceptors (Lipinski definition) is 1. The Labute approximate surface area is 111 Å². The zero-order valence-electron chi connectivity index (χ0n) is 12.2. The zero-order valence-corrected chi connectivity index (χ0v) is 12.2. The van der Waals surface area contributed by atoms with Crippen molar-refractivity contribution < 1.29 is 0 Å². The van der Waals surface area contributed by atoms with Crippen molar-refractivity contribution in [2.75, 3.05) is 0 Å². The van der Waals surface area contributed by atoms with Crippen LogP contribution in [-0.2, 0) is 11.8 Å². The molecule has 0 spiro atoms. The van der Waals surface area contributed by atoms with Crippen LogP contribution in [0.25, 0.3) is 0 Å². The van der Waals surface area contributed by atoms with Gasteiger partial charge < -0.3 is 0 Å². The molecule has 18 heavy (non-hydrogen) atoms. The van der Waals surface area contributed by atoms with Crippen LogP contribution in [0.15, 0.2) is 18.5 Å². The van der Waals surface area contributed by atoms with Crippen LogP contribution in [0.4, 0.5) is 0 Å². The van der Waals surface area contributed by atoms with Crippen LogP contribution in [0.1, 0.15) is 58.1 Å². The second kappa shape index (κ2) is 3.82. The Bertz CT molecular complexity index is 462. The molecule has 3 aliphatic rings. The molecule has 1 nitrogen and oxygen atoms in total. The highest BCUT2D eigenvalue weighted by atomic mass is 14.7. The van der Waals surface area contributed by atoms with E-state index in [2.05, 4.69) is 44.9 Å². The molecule has 1 aromatic rings. The number of pyridine rings is 1. The van der Waals surface area contributed by atoms with Crippen molar-refractivity contribution in [3.8, 4) is 0 Å². The van der Waals surface area contributed by atoms with Gasteiger partial charge in [0.15, 0.2) is 0 Å². The molecular weight excluding hydrogens is 218 g/mol. The first kappa shape index (κ1) is 12.2. The summed E-state index contributed by atoms with van der Waals surface area (Å²) in [7, 11) is 0. The summed E-state index contributed by atoms with van der Waals surface area (Å²) in [6.45, 7) is 9.72. The van der Waals surface area contributed by atoms with Crippen LogP contribution >= 0.6 is 0 Å². The minimum atomic E-state index is 0.421. The Morgan fingerprint density at radius 1 is 1.33 bits per heavy atom. The van der Waals surface area contributed by atoms with Gasteiger partial charge >= 0.3 is 0 Å². The molecule has 1 heteroatoms. The van der Waals surface area contributed by atoms with Gasteiger partial charge in [-0.05, 0) is 60.1 Å². The number of aryl methyl sites for hydroxylation is 1. The lowest BCUT2D eigenvalue weighted by atomic mass is 9.35. The van der Waals surface area contributed by atoms with Crippen molar-refractivity contribution in [3.05, 3.63) is 29.6 Å². The number of hydrogen-bond donors (Lipinski definition) is 0. The third-order valence-corrected chi connectivity index (χ3v) is 6.29. The number of nitrogens with zero attached hydrogens (tertiary/aromatic N) is 1. The zero-order chi connectivity index (χ0) is 13.0. The van der Waals surface area contributed by atoms with Crippen molar-refractivity contribution in [1.82, 2.24) is 4.98 Å². The quantitative estimate of drug-likeness (QED) is 0.752. The van der Waals surface area contributed by atoms with E-state index in [1.807, 2.05) is 6.20 Å². The molecule has 3 saturated carbocycles. The molecule has 0 radical (unpaired) electrons. The third kappa shape index (κ3) is 1.26. The first-order valence-corrected chi connectivity index (χ1v) is 7.47. The Kier molecular flexibility index (Phi) is 2.59. The van der Waals surface area contributed by atoms with Crippen molar-refractivity contribution in [2.45, 2.75) is 58.8 Å². The molecule has 2 bridgehead atoms. The molecule has 0 amide bonds. The lowest BCUT2D eigenvalue weighted by Gasteiger charge is -2.69. The van der Waals surface area contributed by atoms with Crippen LogP contribution in [0.5, 0.6) is 0 Å². The number of aromatic nitrogens is 1. The van der Waals surface area contributed by atoms with Crippen LogP contribution in [0.2, 0.25) is 0 Å². The van der Waals surface area contributed by atoms with Gasteiger partial charge in [-0.1, -0.05) is 27.7 Å². The topological polar surface area (TPSA) is 12.9 Å². The van der Waals surface area contributed by atoms with Crippen molar-refractivity contribution in [2.24, 2.45) is 17.3 Å². The van der Waals surface area contributed by atoms with E-state index in [1.54, 1.807) is 5.56 Å². The minimum absolute atomic E-state index is 0.421. The van der Waals surface area contributed by atoms with Gasteiger partial charge in [0.25, 0.3) is 0 Å². The van der Waals surface area contributed by atoms with Gasteiger partial charge in [0.2, 0.25) is 0 Å². The Balaban J connectivity index is 2.14. The maximum atomic E-state index is 4.33. The van der Waals surface area contributed by atoms with Crippen molar-refractivity contribution in [1.29, 1.82) is 0 Å². The van der Waals surface area contributed by atoms with Gasteiger partial charge in [-0.2, -0.15) is 0 Å². The van der Waals surface area contributed by atoms with Crippen molar-refractivity contribution in [3.63, 3.8) is 0 Å². The molecule has 3 aliphatic carbocycles. The highest BCUT2D eigenvalue weighted by Gasteiger charge is 2.65. The molecule has 0 aliphatic heterocycles. The first-order chi connectivity index (χ1) is 8.54. The third-order valence-electron chi connectivity index (χ3n) is 6.29. The van der Waals surface area contributed by atoms with Gasteiger partial charge in [0.05, 0.1) is 0 Å². The molecule has 3 atom stereocenters. The van der Waals surface area contributed by atoms with Gasteiger partial charge in [-0.25, -0.2) is 0 Å². The lowest BCUT2D eigenvalue weighted by molar-refractivity contribution is -0.134. The molecule has 0 N–H and O–H groups in total. The fourth-order valence-corrected chi connectivity index (χ4v) is 5.00. The Morgan fingerprint density at radius 2 is 2.11 bits per heavy atom. The van der Waals surface area contributed by atoms with E-state index >= 15 is 0 Å². The average Bonchev–Trinajstić information content (AvgIpc) is 2.38. The molecule has 1 aromatic heterocycles. The van der Waals surface area contributed by atoms with E-state index in [0.29, 0.717) is 10.8 Å². The molecule has 98 valence electrons. The smallest absolute Gasteiger partial charge is 0.0302 e. The summed E-state index contributed by atoms with van der Waals surface area (Å²) in [4.78, 5) is 4.33. The predicted octanol–water partition coefficient (Wildman–Crippen LogP) is 4.36. The van der Waals surface area contributed by atoms with Crippen molar-refractivity contribution >= 4 is 0 Å². The molecule has 0 aromatic carbocycles. The Hall–Kier alpha value is -0.850. The number of fused-ring (bicyclic) bond motifs is 2. The second-order valence-electron chi connectivity index (χ2n) is 6.96. The van der Waals surface area contributed by atoms with E-state index in [-0.39, 0.29) is 0 Å². The summed E-state index contributed by atoms with van der Waals surface area (Å²) in [5.74, 6) is 1.75. The fourth-order valence-electron chi connectivity index (χ4n) is 5.00. The van der Waals surface area contributed by atoms with Crippen LogP contribution < -0.4 is 0 Å². The summed E-state index contributed by atoms with van der Waals surface area (Å²) in [6.07, 6.45) is 9.43. The normalized spacial score (nSPS) is 37.1.